The van der Waals surface area contributed by atoms with Crippen LogP contribution in [0.1, 0.15) is 34.3 Å². The summed E-state index contributed by atoms with van der Waals surface area (Å²) in [7, 11) is 0. The van der Waals surface area contributed by atoms with E-state index in [-0.39, 0.29) is 47.8 Å². The maximum Gasteiger partial charge on any atom is 0.229 e. The number of carbonyl (C=O) groups is 1. The summed E-state index contributed by atoms with van der Waals surface area (Å²) in [4.78, 5) is 15.1. The van der Waals surface area contributed by atoms with Crippen LogP contribution in [0.4, 0.5) is 0 Å². The van der Waals surface area contributed by atoms with Crippen molar-refractivity contribution in [1.29, 1.82) is 0 Å². The van der Waals surface area contributed by atoms with E-state index < -0.39 is 48.8 Å². The van der Waals surface area contributed by atoms with Crippen LogP contribution in [-0.4, -0.2) is 83.7 Å². The van der Waals surface area contributed by atoms with Gasteiger partial charge in [0.1, 0.15) is 53.0 Å². The number of aromatic hydroxyl groups is 3. The normalized spacial score (nSPS) is 24.9. The van der Waals surface area contributed by atoms with Crippen LogP contribution in [0, 0.1) is 0 Å². The second-order valence-corrected chi connectivity index (χ2v) is 9.18. The third kappa shape index (κ3) is 5.93. The largest absolute Gasteiger partial charge is 0.508 e. The lowest BCUT2D eigenvalue weighted by Gasteiger charge is -2.39. The van der Waals surface area contributed by atoms with Crippen molar-refractivity contribution in [2.24, 2.45) is 0 Å². The quantitative estimate of drug-likeness (QED) is 0.231. The van der Waals surface area contributed by atoms with Gasteiger partial charge in [0.05, 0.1) is 18.7 Å². The van der Waals surface area contributed by atoms with Crippen molar-refractivity contribution in [1.82, 2.24) is 4.90 Å². The lowest BCUT2D eigenvalue weighted by Crippen LogP contribution is -2.60. The molecule has 0 aromatic heterocycles. The average Bonchev–Trinajstić information content (AvgIpc) is 2.91. The number of phenolic OH excluding ortho intramolecular Hbond substituents is 3. The molecule has 0 amide bonds. The Morgan fingerprint density at radius 1 is 1.00 bits per heavy atom. The molecule has 38 heavy (non-hydrogen) atoms. The molecule has 2 aromatic rings. The first-order valence-corrected chi connectivity index (χ1v) is 12.1. The number of ketones is 1. The Kier molecular flexibility index (Phi) is 8.55. The summed E-state index contributed by atoms with van der Waals surface area (Å²) in [6.45, 7) is -0.640. The fraction of sp³-hybridized carbons (Fsp3) is 0.370. The molecule has 1 fully saturated rings. The van der Waals surface area contributed by atoms with Crippen LogP contribution in [-0.2, 0) is 17.7 Å². The maximum absolute atomic E-state index is 13.4. The van der Waals surface area contributed by atoms with E-state index in [0.29, 0.717) is 0 Å². The van der Waals surface area contributed by atoms with Crippen LogP contribution in [0.5, 0.6) is 23.0 Å². The second kappa shape index (κ2) is 11.8. The van der Waals surface area contributed by atoms with Gasteiger partial charge in [-0.2, -0.15) is 0 Å². The molecule has 4 rings (SSSR count). The SMILES string of the molecule is O=C(CCc1ccc(O)cc1)c1c(O[C@H]2O[C@@H](CO)[C@H](O)[C@@H](O)[C@@H]2O)cc(O)c(CN2C=CCC=C2)c1O. The molecule has 11 heteroatoms. The van der Waals surface area contributed by atoms with E-state index in [4.69, 9.17) is 9.47 Å². The van der Waals surface area contributed by atoms with E-state index >= 15 is 0 Å². The number of aliphatic hydroxyl groups excluding tert-OH is 4. The van der Waals surface area contributed by atoms with Crippen molar-refractivity contribution < 1.29 is 50.0 Å². The summed E-state index contributed by atoms with van der Waals surface area (Å²) in [6.07, 6.45) is 0.244. The highest BCUT2D eigenvalue weighted by molar-refractivity contribution is 6.02. The van der Waals surface area contributed by atoms with Crippen LogP contribution in [0.15, 0.2) is 54.9 Å². The predicted molar refractivity (Wildman–Crippen MR) is 133 cm³/mol. The number of rotatable bonds is 9. The number of Topliss-reactive ketones (excluding diaryl/α,β-unsaturated/α-hetero) is 1. The fourth-order valence-corrected chi connectivity index (χ4v) is 4.33. The Bertz CT molecular complexity index is 1180. The summed E-state index contributed by atoms with van der Waals surface area (Å²) < 4.78 is 11.1. The summed E-state index contributed by atoms with van der Waals surface area (Å²) in [5.41, 5.74) is 0.559. The third-order valence-corrected chi connectivity index (χ3v) is 6.50. The van der Waals surface area contributed by atoms with E-state index in [0.717, 1.165) is 18.1 Å². The highest BCUT2D eigenvalue weighted by Crippen LogP contribution is 2.41. The predicted octanol–water partition coefficient (Wildman–Crippen LogP) is 1.03. The minimum absolute atomic E-state index is 0.0449. The summed E-state index contributed by atoms with van der Waals surface area (Å²) >= 11 is 0. The van der Waals surface area contributed by atoms with Crippen LogP contribution in [0.3, 0.4) is 0 Å². The minimum Gasteiger partial charge on any atom is -0.508 e. The van der Waals surface area contributed by atoms with Gasteiger partial charge in [0, 0.05) is 24.9 Å². The molecule has 0 unspecified atom stereocenters. The van der Waals surface area contributed by atoms with Gasteiger partial charge < -0.3 is 50.1 Å². The van der Waals surface area contributed by atoms with Gasteiger partial charge in [-0.3, -0.25) is 4.79 Å². The molecule has 5 atom stereocenters. The monoisotopic (exact) mass is 529 g/mol. The van der Waals surface area contributed by atoms with Crippen LogP contribution in [0.2, 0.25) is 0 Å². The van der Waals surface area contributed by atoms with Gasteiger partial charge in [-0.25, -0.2) is 0 Å². The molecule has 2 aliphatic rings. The number of hydrogen-bond donors (Lipinski definition) is 7. The Morgan fingerprint density at radius 2 is 1.68 bits per heavy atom. The molecule has 0 spiro atoms. The van der Waals surface area contributed by atoms with Crippen LogP contribution >= 0.6 is 0 Å². The highest BCUT2D eigenvalue weighted by Gasteiger charge is 2.45. The molecule has 2 aromatic carbocycles. The molecule has 11 nitrogen and oxygen atoms in total. The lowest BCUT2D eigenvalue weighted by atomic mass is 9.97. The van der Waals surface area contributed by atoms with Crippen LogP contribution < -0.4 is 4.74 Å². The summed E-state index contributed by atoms with van der Waals surface area (Å²) in [5.74, 6) is -1.68. The standard InChI is InChI=1S/C27H31NO10/c29-14-21-24(34)25(35)26(36)27(38-21)37-20-12-19(32)17(13-28-10-2-1-3-11-28)23(33)22(20)18(31)9-6-15-4-7-16(30)8-5-15/h2-5,7-8,10-12,21,24-27,29-30,32-36H,1,6,9,13-14H2/t21-,24-,25+,26-,27-/m0/s1. The topological polar surface area (TPSA) is 180 Å². The molecule has 0 aliphatic carbocycles. The van der Waals surface area contributed by atoms with Crippen molar-refractivity contribution in [3.05, 3.63) is 71.6 Å². The molecule has 0 radical (unpaired) electrons. The molecule has 0 saturated carbocycles. The van der Waals surface area contributed by atoms with Crippen LogP contribution in [0.25, 0.3) is 0 Å². The zero-order valence-electron chi connectivity index (χ0n) is 20.4. The zero-order valence-corrected chi connectivity index (χ0v) is 20.4. The maximum atomic E-state index is 13.4. The fourth-order valence-electron chi connectivity index (χ4n) is 4.33. The van der Waals surface area contributed by atoms with Crippen molar-refractivity contribution in [2.45, 2.75) is 56.5 Å². The van der Waals surface area contributed by atoms with Gasteiger partial charge >= 0.3 is 0 Å². The zero-order chi connectivity index (χ0) is 27.4. The summed E-state index contributed by atoms with van der Waals surface area (Å²) in [6, 6.07) is 7.41. The second-order valence-electron chi connectivity index (χ2n) is 9.18. The number of aliphatic hydroxyl groups is 4. The van der Waals surface area contributed by atoms with Crippen molar-refractivity contribution >= 4 is 5.78 Å². The number of hydrogen-bond acceptors (Lipinski definition) is 11. The Balaban J connectivity index is 1.66. The van der Waals surface area contributed by atoms with E-state index in [2.05, 4.69) is 0 Å². The Morgan fingerprint density at radius 3 is 2.34 bits per heavy atom. The van der Waals surface area contributed by atoms with Gasteiger partial charge in [-0.15, -0.1) is 0 Å². The van der Waals surface area contributed by atoms with Crippen molar-refractivity contribution in [2.75, 3.05) is 6.61 Å². The number of allylic oxidation sites excluding steroid dienone is 2. The first kappa shape index (κ1) is 27.4. The molecule has 2 heterocycles. The number of nitrogens with zero attached hydrogens (tertiary/aromatic N) is 1. The first-order valence-electron chi connectivity index (χ1n) is 12.1. The molecule has 1 saturated heterocycles. The van der Waals surface area contributed by atoms with Gasteiger partial charge in [0.2, 0.25) is 6.29 Å². The molecule has 7 N–H and O–H groups in total. The smallest absolute Gasteiger partial charge is 0.229 e. The minimum atomic E-state index is -1.76. The number of aryl methyl sites for hydroxylation is 1. The van der Waals surface area contributed by atoms with Crippen molar-refractivity contribution in [3.8, 4) is 23.0 Å². The number of benzene rings is 2. The van der Waals surface area contributed by atoms with Gasteiger partial charge in [-0.05, 0) is 30.5 Å². The van der Waals surface area contributed by atoms with E-state index in [1.807, 2.05) is 12.2 Å². The van der Waals surface area contributed by atoms with E-state index in [9.17, 15) is 40.5 Å². The highest BCUT2D eigenvalue weighted by atomic mass is 16.7. The summed E-state index contributed by atoms with van der Waals surface area (Å²) in [5, 5.41) is 71.4. The average molecular weight is 530 g/mol. The van der Waals surface area contributed by atoms with Crippen molar-refractivity contribution in [3.63, 3.8) is 0 Å². The molecule has 204 valence electrons. The third-order valence-electron chi connectivity index (χ3n) is 6.50. The molecule has 2 aliphatic heterocycles. The molecular weight excluding hydrogens is 498 g/mol. The van der Waals surface area contributed by atoms with Gasteiger partial charge in [0.15, 0.2) is 5.78 Å². The Hall–Kier alpha value is -3.61. The molecule has 0 bridgehead atoms. The number of carbonyl (C=O) groups excluding carboxylic acids is 1. The van der Waals surface area contributed by atoms with Gasteiger partial charge in [-0.1, -0.05) is 24.3 Å². The lowest BCUT2D eigenvalue weighted by molar-refractivity contribution is -0.277. The van der Waals surface area contributed by atoms with E-state index in [1.54, 1.807) is 29.4 Å². The first-order chi connectivity index (χ1) is 18.2. The van der Waals surface area contributed by atoms with E-state index in [1.165, 1.54) is 12.1 Å². The number of ether oxygens (including phenoxy) is 2. The molecular formula is C27H31NO10. The number of phenols is 3. The Labute approximate surface area is 218 Å². The van der Waals surface area contributed by atoms with Gasteiger partial charge in [0.25, 0.3) is 0 Å².